The quantitative estimate of drug-likeness (QED) is 0.788. The van der Waals surface area contributed by atoms with Gasteiger partial charge >= 0.3 is 5.97 Å². The van der Waals surface area contributed by atoms with E-state index in [1.807, 2.05) is 29.2 Å². The van der Waals surface area contributed by atoms with Gasteiger partial charge in [0.1, 0.15) is 0 Å². The van der Waals surface area contributed by atoms with Gasteiger partial charge in [0.2, 0.25) is 0 Å². The molecule has 2 aliphatic rings. The fraction of sp³-hybridized carbons (Fsp3) is 0.455. The Labute approximate surface area is 154 Å². The van der Waals surface area contributed by atoms with Gasteiger partial charge in [0.25, 0.3) is 5.91 Å². The minimum absolute atomic E-state index is 0.0776. The predicted octanol–water partition coefficient (Wildman–Crippen LogP) is 3.89. The fourth-order valence-electron chi connectivity index (χ4n) is 4.25. The number of rotatable bonds is 3. The van der Waals surface area contributed by atoms with Gasteiger partial charge in [-0.15, -0.1) is 0 Å². The number of amides is 1. The van der Waals surface area contributed by atoms with Crippen molar-refractivity contribution in [1.82, 2.24) is 4.90 Å². The van der Waals surface area contributed by atoms with Crippen molar-refractivity contribution in [2.75, 3.05) is 13.1 Å². The maximum Gasteiger partial charge on any atom is 0.339 e. The number of esters is 1. The summed E-state index contributed by atoms with van der Waals surface area (Å²) in [7, 11) is 0. The number of hydrogen-bond donors (Lipinski definition) is 0. The van der Waals surface area contributed by atoms with Gasteiger partial charge in [-0.2, -0.15) is 0 Å². The van der Waals surface area contributed by atoms with Crippen LogP contribution in [0.25, 0.3) is 10.8 Å². The van der Waals surface area contributed by atoms with Gasteiger partial charge < -0.3 is 9.64 Å². The summed E-state index contributed by atoms with van der Waals surface area (Å²) in [5.74, 6) is -0.484. The zero-order valence-electron chi connectivity index (χ0n) is 15.3. The average Bonchev–Trinajstić information content (AvgIpc) is 2.89. The van der Waals surface area contributed by atoms with E-state index in [1.165, 1.54) is 29.4 Å². The molecule has 1 aliphatic carbocycles. The third kappa shape index (κ3) is 3.09. The highest BCUT2D eigenvalue weighted by molar-refractivity contribution is 6.07. The second kappa shape index (κ2) is 7.10. The summed E-state index contributed by atoms with van der Waals surface area (Å²) in [6.45, 7) is 3.22. The van der Waals surface area contributed by atoms with Crippen molar-refractivity contribution in [3.05, 3.63) is 47.0 Å². The van der Waals surface area contributed by atoms with E-state index in [0.717, 1.165) is 44.2 Å². The molecule has 0 aromatic heterocycles. The second-order valence-electron chi connectivity index (χ2n) is 7.40. The van der Waals surface area contributed by atoms with Crippen LogP contribution < -0.4 is 0 Å². The molecule has 0 spiro atoms. The third-order valence-electron chi connectivity index (χ3n) is 5.65. The first-order valence-electron chi connectivity index (χ1n) is 9.68. The maximum atomic E-state index is 12.8. The van der Waals surface area contributed by atoms with E-state index in [4.69, 9.17) is 4.74 Å². The molecule has 2 aromatic carbocycles. The lowest BCUT2D eigenvalue weighted by molar-refractivity contribution is -0.139. The number of hydrogen-bond acceptors (Lipinski definition) is 3. The first kappa shape index (κ1) is 17.1. The van der Waals surface area contributed by atoms with E-state index in [-0.39, 0.29) is 5.91 Å². The normalized spacial score (nSPS) is 17.8. The molecule has 1 fully saturated rings. The molecule has 4 rings (SSSR count). The molecule has 1 aliphatic heterocycles. The number of ether oxygens (including phenoxy) is 1. The number of benzene rings is 2. The Morgan fingerprint density at radius 1 is 0.962 bits per heavy atom. The Hall–Kier alpha value is -2.36. The molecule has 4 heteroatoms. The highest BCUT2D eigenvalue weighted by Crippen LogP contribution is 2.33. The first-order valence-corrected chi connectivity index (χ1v) is 9.68. The minimum Gasteiger partial charge on any atom is -0.449 e. The number of likely N-dealkylation sites (tertiary alicyclic amines) is 1. The minimum atomic E-state index is -0.747. The van der Waals surface area contributed by atoms with Crippen LogP contribution in [0, 0.1) is 0 Å². The predicted molar refractivity (Wildman–Crippen MR) is 101 cm³/mol. The van der Waals surface area contributed by atoms with Crippen LogP contribution in [0.15, 0.2) is 30.3 Å². The molecule has 1 heterocycles. The van der Waals surface area contributed by atoms with E-state index in [0.29, 0.717) is 5.56 Å². The third-order valence-corrected chi connectivity index (χ3v) is 5.65. The van der Waals surface area contributed by atoms with Crippen LogP contribution in [0.5, 0.6) is 0 Å². The van der Waals surface area contributed by atoms with Gasteiger partial charge in [-0.05, 0) is 60.6 Å². The molecule has 1 saturated heterocycles. The van der Waals surface area contributed by atoms with E-state index < -0.39 is 12.1 Å². The molecule has 1 amide bonds. The Kier molecular flexibility index (Phi) is 4.66. The summed E-state index contributed by atoms with van der Waals surface area (Å²) in [6.07, 6.45) is 5.69. The standard InChI is InChI=1S/C22H25NO3/c1-15(21(24)23-13-4-2-3-5-14-23)26-22(25)19-12-11-17-10-9-16-7-6-8-18(19)20(16)17/h6-8,11-12,15H,2-5,9-10,13-14H2,1H3/t15-/m0/s1. The van der Waals surface area contributed by atoms with Crippen molar-refractivity contribution < 1.29 is 14.3 Å². The molecule has 1 atom stereocenters. The summed E-state index contributed by atoms with van der Waals surface area (Å²) < 4.78 is 5.57. The lowest BCUT2D eigenvalue weighted by atomic mass is 10.00. The van der Waals surface area contributed by atoms with Crippen LogP contribution in [-0.4, -0.2) is 36.0 Å². The SMILES string of the molecule is C[C@H](OC(=O)c1ccc2c3c(cccc13)CC2)C(=O)N1CCCCCC1. The molecular formula is C22H25NO3. The number of carbonyl (C=O) groups is 2. The summed E-state index contributed by atoms with van der Waals surface area (Å²) >= 11 is 0. The van der Waals surface area contributed by atoms with E-state index in [1.54, 1.807) is 6.92 Å². The fourth-order valence-corrected chi connectivity index (χ4v) is 4.25. The van der Waals surface area contributed by atoms with E-state index >= 15 is 0 Å². The van der Waals surface area contributed by atoms with Gasteiger partial charge in [0.15, 0.2) is 6.10 Å². The largest absolute Gasteiger partial charge is 0.449 e. The second-order valence-corrected chi connectivity index (χ2v) is 7.40. The number of aryl methyl sites for hydroxylation is 2. The Bertz CT molecular complexity index is 840. The molecule has 0 radical (unpaired) electrons. The molecule has 4 nitrogen and oxygen atoms in total. The molecular weight excluding hydrogens is 326 g/mol. The van der Waals surface area contributed by atoms with Crippen LogP contribution in [0.4, 0.5) is 0 Å². The highest BCUT2D eigenvalue weighted by Gasteiger charge is 2.26. The van der Waals surface area contributed by atoms with E-state index in [2.05, 4.69) is 6.07 Å². The molecule has 136 valence electrons. The van der Waals surface area contributed by atoms with Gasteiger partial charge in [0.05, 0.1) is 5.56 Å². The van der Waals surface area contributed by atoms with Crippen LogP contribution in [-0.2, 0) is 22.4 Å². The lowest BCUT2D eigenvalue weighted by Crippen LogP contribution is -2.40. The number of nitrogens with zero attached hydrogens (tertiary/aromatic N) is 1. The van der Waals surface area contributed by atoms with Crippen molar-refractivity contribution in [2.45, 2.75) is 51.6 Å². The topological polar surface area (TPSA) is 46.6 Å². The van der Waals surface area contributed by atoms with Crippen molar-refractivity contribution in [1.29, 1.82) is 0 Å². The molecule has 0 N–H and O–H groups in total. The van der Waals surface area contributed by atoms with Crippen LogP contribution in [0.2, 0.25) is 0 Å². The highest BCUT2D eigenvalue weighted by atomic mass is 16.5. The van der Waals surface area contributed by atoms with Crippen molar-refractivity contribution in [3.8, 4) is 0 Å². The van der Waals surface area contributed by atoms with Crippen molar-refractivity contribution in [3.63, 3.8) is 0 Å². The number of carbonyl (C=O) groups excluding carboxylic acids is 2. The van der Waals surface area contributed by atoms with Gasteiger partial charge in [-0.3, -0.25) is 4.79 Å². The lowest BCUT2D eigenvalue weighted by Gasteiger charge is -2.24. The summed E-state index contributed by atoms with van der Waals surface area (Å²) in [5.41, 5.74) is 3.14. The molecule has 26 heavy (non-hydrogen) atoms. The Morgan fingerprint density at radius 2 is 1.65 bits per heavy atom. The summed E-state index contributed by atoms with van der Waals surface area (Å²) in [4.78, 5) is 27.3. The van der Waals surface area contributed by atoms with Crippen LogP contribution in [0.1, 0.15) is 54.1 Å². The van der Waals surface area contributed by atoms with Gasteiger partial charge in [-0.1, -0.05) is 37.1 Å². The zero-order valence-corrected chi connectivity index (χ0v) is 15.3. The zero-order chi connectivity index (χ0) is 18.1. The Balaban J connectivity index is 1.53. The van der Waals surface area contributed by atoms with Crippen LogP contribution in [0.3, 0.4) is 0 Å². The molecule has 2 aromatic rings. The summed E-state index contributed by atoms with van der Waals surface area (Å²) in [6, 6.07) is 9.97. The average molecular weight is 351 g/mol. The van der Waals surface area contributed by atoms with Gasteiger partial charge in [0, 0.05) is 13.1 Å². The van der Waals surface area contributed by atoms with E-state index in [9.17, 15) is 9.59 Å². The smallest absolute Gasteiger partial charge is 0.339 e. The molecule has 0 saturated carbocycles. The molecule has 0 bridgehead atoms. The summed E-state index contributed by atoms with van der Waals surface area (Å²) in [5, 5.41) is 2.13. The van der Waals surface area contributed by atoms with Gasteiger partial charge in [-0.25, -0.2) is 4.79 Å². The molecule has 0 unspecified atom stereocenters. The monoisotopic (exact) mass is 351 g/mol. The van der Waals surface area contributed by atoms with Crippen molar-refractivity contribution in [2.24, 2.45) is 0 Å². The Morgan fingerprint density at radius 3 is 2.38 bits per heavy atom. The van der Waals surface area contributed by atoms with Crippen molar-refractivity contribution >= 4 is 22.6 Å². The maximum absolute atomic E-state index is 12.8. The van der Waals surface area contributed by atoms with Crippen LogP contribution >= 0.6 is 0 Å². The first-order chi connectivity index (χ1) is 12.6.